The molecule has 0 aliphatic carbocycles. The normalized spacial score (nSPS) is 10.9. The molecule has 0 N–H and O–H groups in total. The Morgan fingerprint density at radius 1 is 1.33 bits per heavy atom. The fourth-order valence-electron chi connectivity index (χ4n) is 1.39. The second-order valence-corrected chi connectivity index (χ2v) is 3.89. The molecule has 3 heteroatoms. The first-order valence-corrected chi connectivity index (χ1v) is 5.69. The van der Waals surface area contributed by atoms with Crippen LogP contribution in [0.2, 0.25) is 0 Å². The fraction of sp³-hybridized carbons (Fsp3) is 0.267. The predicted molar refractivity (Wildman–Crippen MR) is 73.0 cm³/mol. The van der Waals surface area contributed by atoms with Gasteiger partial charge in [0.2, 0.25) is 0 Å². The van der Waals surface area contributed by atoms with Crippen molar-refractivity contribution in [3.05, 3.63) is 42.0 Å². The maximum Gasteiger partial charge on any atom is 0.161 e. The maximum atomic E-state index is 11.2. The Hall–Kier alpha value is -2.03. The highest BCUT2D eigenvalue weighted by atomic mass is 16.5. The van der Waals surface area contributed by atoms with Crippen molar-refractivity contribution >= 4 is 11.9 Å². The van der Waals surface area contributed by atoms with E-state index in [9.17, 15) is 4.79 Å². The van der Waals surface area contributed by atoms with Crippen molar-refractivity contribution in [1.82, 2.24) is 0 Å². The molecule has 0 saturated carbocycles. The number of Topliss-reactive ketones (excluding diaryl/α,β-unsaturated/α-hetero) is 1. The van der Waals surface area contributed by atoms with Crippen LogP contribution in [0.1, 0.15) is 19.4 Å². The highest BCUT2D eigenvalue weighted by Crippen LogP contribution is 2.28. The van der Waals surface area contributed by atoms with E-state index >= 15 is 0 Å². The van der Waals surface area contributed by atoms with Gasteiger partial charge in [0.15, 0.2) is 17.3 Å². The number of ketones is 1. The molecule has 1 aromatic carbocycles. The van der Waals surface area contributed by atoms with Crippen molar-refractivity contribution in [2.45, 2.75) is 13.8 Å². The van der Waals surface area contributed by atoms with E-state index in [4.69, 9.17) is 9.47 Å². The Labute approximate surface area is 108 Å². The lowest BCUT2D eigenvalue weighted by Crippen LogP contribution is -1.96. The number of carbonyl (C=O) groups excluding carboxylic acids is 1. The van der Waals surface area contributed by atoms with Crippen LogP contribution in [0.4, 0.5) is 0 Å². The molecule has 96 valence electrons. The third-order valence-corrected chi connectivity index (χ3v) is 2.48. The first kappa shape index (κ1) is 14.0. The molecule has 3 nitrogen and oxygen atoms in total. The second-order valence-electron chi connectivity index (χ2n) is 3.89. The van der Waals surface area contributed by atoms with E-state index in [0.29, 0.717) is 23.7 Å². The summed E-state index contributed by atoms with van der Waals surface area (Å²) in [5.41, 5.74) is 1.61. The molecule has 1 rings (SSSR count). The van der Waals surface area contributed by atoms with Gasteiger partial charge in [-0.25, -0.2) is 0 Å². The molecule has 0 saturated heterocycles. The molecule has 0 radical (unpaired) electrons. The van der Waals surface area contributed by atoms with E-state index in [1.807, 2.05) is 24.3 Å². The van der Waals surface area contributed by atoms with Crippen molar-refractivity contribution < 1.29 is 14.3 Å². The monoisotopic (exact) mass is 246 g/mol. The molecule has 0 aliphatic rings. The third-order valence-electron chi connectivity index (χ3n) is 2.48. The molecule has 0 spiro atoms. The molecule has 0 fully saturated rings. The van der Waals surface area contributed by atoms with Gasteiger partial charge in [0.1, 0.15) is 6.61 Å². The van der Waals surface area contributed by atoms with Crippen molar-refractivity contribution in [2.24, 2.45) is 0 Å². The molecule has 0 amide bonds. The first-order chi connectivity index (χ1) is 8.58. The molecule has 18 heavy (non-hydrogen) atoms. The summed E-state index contributed by atoms with van der Waals surface area (Å²) in [4.78, 5) is 11.2. The number of ether oxygens (including phenoxy) is 2. The average Bonchev–Trinajstić information content (AvgIpc) is 2.36. The second kappa shape index (κ2) is 6.64. The highest BCUT2D eigenvalue weighted by molar-refractivity contribution is 5.97. The zero-order valence-corrected chi connectivity index (χ0v) is 11.0. The molecule has 1 aromatic rings. The van der Waals surface area contributed by atoms with Gasteiger partial charge in [-0.3, -0.25) is 4.79 Å². The smallest absolute Gasteiger partial charge is 0.161 e. The van der Waals surface area contributed by atoms with E-state index in [0.717, 1.165) is 5.56 Å². The van der Waals surface area contributed by atoms with Gasteiger partial charge >= 0.3 is 0 Å². The minimum atomic E-state index is 0.0564. The van der Waals surface area contributed by atoms with Gasteiger partial charge in [-0.2, -0.15) is 0 Å². The van der Waals surface area contributed by atoms with Gasteiger partial charge < -0.3 is 9.47 Å². The van der Waals surface area contributed by atoms with Crippen molar-refractivity contribution in [3.63, 3.8) is 0 Å². The van der Waals surface area contributed by atoms with E-state index < -0.39 is 0 Å². The topological polar surface area (TPSA) is 35.5 Å². The Balaban J connectivity index is 3.01. The fourth-order valence-corrected chi connectivity index (χ4v) is 1.39. The average molecular weight is 246 g/mol. The van der Waals surface area contributed by atoms with Crippen molar-refractivity contribution in [3.8, 4) is 11.5 Å². The Bertz CT molecular complexity index is 473. The molecule has 0 aliphatic heterocycles. The summed E-state index contributed by atoms with van der Waals surface area (Å²) in [5, 5.41) is 0. The van der Waals surface area contributed by atoms with E-state index in [-0.39, 0.29) is 5.78 Å². The standard InChI is InChI=1S/C15H18O3/c1-5-8-18-14-7-6-13(10-15(14)17-4)9-11(2)12(3)16/h5-7,9-10H,1,8H2,2-4H3/b11-9-. The molecule has 0 unspecified atom stereocenters. The largest absolute Gasteiger partial charge is 0.493 e. The van der Waals surface area contributed by atoms with Crippen LogP contribution in [-0.2, 0) is 4.79 Å². The summed E-state index contributed by atoms with van der Waals surface area (Å²) in [6.07, 6.45) is 3.50. The van der Waals surface area contributed by atoms with Gasteiger partial charge in [0.25, 0.3) is 0 Å². The minimum Gasteiger partial charge on any atom is -0.493 e. The number of benzene rings is 1. The van der Waals surface area contributed by atoms with E-state index in [1.54, 1.807) is 27.0 Å². The van der Waals surface area contributed by atoms with Crippen LogP contribution in [0.15, 0.2) is 36.4 Å². The number of hydrogen-bond donors (Lipinski definition) is 0. The minimum absolute atomic E-state index is 0.0564. The Morgan fingerprint density at radius 2 is 2.06 bits per heavy atom. The number of rotatable bonds is 6. The number of carbonyl (C=O) groups is 1. The molecule has 0 bridgehead atoms. The van der Waals surface area contributed by atoms with Crippen LogP contribution < -0.4 is 9.47 Å². The summed E-state index contributed by atoms with van der Waals surface area (Å²) in [5.74, 6) is 1.36. The molecule has 0 heterocycles. The Morgan fingerprint density at radius 3 is 2.61 bits per heavy atom. The molecule has 0 atom stereocenters. The summed E-state index contributed by atoms with van der Waals surface area (Å²) in [6.45, 7) is 7.36. The Kier molecular flexibility index (Phi) is 5.18. The third kappa shape index (κ3) is 3.77. The number of hydrogen-bond acceptors (Lipinski definition) is 3. The SMILES string of the molecule is C=CCOc1ccc(/C=C(/C)C(C)=O)cc1OC. The van der Waals surface area contributed by atoms with E-state index in [1.165, 1.54) is 0 Å². The van der Waals surface area contributed by atoms with Gasteiger partial charge in [-0.05, 0) is 43.2 Å². The molecular weight excluding hydrogens is 228 g/mol. The summed E-state index contributed by atoms with van der Waals surface area (Å²) >= 11 is 0. The van der Waals surface area contributed by atoms with Gasteiger partial charge in [0, 0.05) is 0 Å². The lowest BCUT2D eigenvalue weighted by atomic mass is 10.1. The highest BCUT2D eigenvalue weighted by Gasteiger charge is 2.05. The van der Waals surface area contributed by atoms with Crippen molar-refractivity contribution in [2.75, 3.05) is 13.7 Å². The summed E-state index contributed by atoms with van der Waals surface area (Å²) < 4.78 is 10.7. The van der Waals surface area contributed by atoms with Crippen LogP contribution in [-0.4, -0.2) is 19.5 Å². The lowest BCUT2D eigenvalue weighted by molar-refractivity contribution is -0.113. The van der Waals surface area contributed by atoms with Gasteiger partial charge in [-0.1, -0.05) is 18.7 Å². The van der Waals surface area contributed by atoms with Crippen LogP contribution in [0.5, 0.6) is 11.5 Å². The molecular formula is C15H18O3. The van der Waals surface area contributed by atoms with Gasteiger partial charge in [-0.15, -0.1) is 0 Å². The zero-order chi connectivity index (χ0) is 13.5. The number of allylic oxidation sites excluding steroid dienone is 1. The zero-order valence-electron chi connectivity index (χ0n) is 11.0. The van der Waals surface area contributed by atoms with E-state index in [2.05, 4.69) is 6.58 Å². The molecule has 0 aromatic heterocycles. The maximum absolute atomic E-state index is 11.2. The van der Waals surface area contributed by atoms with Crippen molar-refractivity contribution in [1.29, 1.82) is 0 Å². The lowest BCUT2D eigenvalue weighted by Gasteiger charge is -2.10. The summed E-state index contributed by atoms with van der Waals surface area (Å²) in [6, 6.07) is 5.54. The quantitative estimate of drug-likeness (QED) is 0.571. The number of methoxy groups -OCH3 is 1. The first-order valence-electron chi connectivity index (χ1n) is 5.69. The summed E-state index contributed by atoms with van der Waals surface area (Å²) in [7, 11) is 1.58. The van der Waals surface area contributed by atoms with Crippen LogP contribution >= 0.6 is 0 Å². The predicted octanol–water partition coefficient (Wildman–Crippen LogP) is 3.25. The van der Waals surface area contributed by atoms with Crippen LogP contribution in [0, 0.1) is 0 Å². The van der Waals surface area contributed by atoms with Crippen LogP contribution in [0.3, 0.4) is 0 Å². The van der Waals surface area contributed by atoms with Gasteiger partial charge in [0.05, 0.1) is 7.11 Å². The van der Waals surface area contributed by atoms with Crippen LogP contribution in [0.25, 0.3) is 6.08 Å².